The molecule has 1 N–H and O–H groups in total. The molecule has 0 saturated carbocycles. The lowest BCUT2D eigenvalue weighted by molar-refractivity contribution is -0.133. The molecule has 0 bridgehead atoms. The van der Waals surface area contributed by atoms with Crippen molar-refractivity contribution in [3.05, 3.63) is 12.2 Å². The van der Waals surface area contributed by atoms with Gasteiger partial charge in [0.25, 0.3) is 0 Å². The number of rotatable bonds is 4. The average Bonchev–Trinajstić information content (AvgIpc) is 1.80. The van der Waals surface area contributed by atoms with E-state index in [0.717, 1.165) is 0 Å². The molecule has 0 unspecified atom stereocenters. The Morgan fingerprint density at radius 1 is 1.55 bits per heavy atom. The number of carbonyl (C=O) groups is 1. The molecule has 0 saturated heterocycles. The van der Waals surface area contributed by atoms with E-state index in [-0.39, 0.29) is 12.2 Å². The van der Waals surface area contributed by atoms with E-state index >= 15 is 0 Å². The molecule has 64 valence electrons. The first-order chi connectivity index (χ1) is 4.83. The van der Waals surface area contributed by atoms with Crippen molar-refractivity contribution in [1.29, 1.82) is 0 Å². The first-order valence-corrected chi connectivity index (χ1v) is 6.79. The van der Waals surface area contributed by atoms with Crippen molar-refractivity contribution in [3.63, 3.8) is 0 Å². The van der Waals surface area contributed by atoms with E-state index in [2.05, 4.69) is 6.58 Å². The van der Waals surface area contributed by atoms with Crippen molar-refractivity contribution in [1.82, 2.24) is 0 Å². The summed E-state index contributed by atoms with van der Waals surface area (Å²) >= 11 is 0. The van der Waals surface area contributed by atoms with E-state index in [9.17, 15) is 4.79 Å². The first-order valence-electron chi connectivity index (χ1n) is 3.38. The van der Waals surface area contributed by atoms with Gasteiger partial charge in [-0.25, -0.2) is 4.79 Å². The average molecular weight is 174 g/mol. The van der Waals surface area contributed by atoms with Gasteiger partial charge in [-0.15, -0.1) is 0 Å². The fourth-order valence-electron chi connectivity index (χ4n) is 0.365. The van der Waals surface area contributed by atoms with Crippen LogP contribution in [0.3, 0.4) is 0 Å². The van der Waals surface area contributed by atoms with Crippen LogP contribution < -0.4 is 0 Å². The molecule has 0 aromatic heterocycles. The molecule has 0 rings (SSSR count). The van der Waals surface area contributed by atoms with E-state index < -0.39 is 14.3 Å². The third-order valence-corrected chi connectivity index (χ3v) is 1.99. The van der Waals surface area contributed by atoms with Crippen LogP contribution in [0.1, 0.15) is 0 Å². The van der Waals surface area contributed by atoms with Crippen LogP contribution in [0, 0.1) is 0 Å². The smallest absolute Gasteiger partial charge is 0.333 e. The zero-order valence-corrected chi connectivity index (χ0v) is 8.18. The lowest BCUT2D eigenvalue weighted by Gasteiger charge is -2.16. The Balaban J connectivity index is 3.73. The number of carboxylic acids is 1. The Morgan fingerprint density at radius 2 is 2.00 bits per heavy atom. The molecule has 0 aliphatic heterocycles. The molecule has 0 spiro atoms. The second-order valence-electron chi connectivity index (χ2n) is 3.31. The monoisotopic (exact) mass is 174 g/mol. The van der Waals surface area contributed by atoms with Gasteiger partial charge < -0.3 is 9.53 Å². The van der Waals surface area contributed by atoms with Crippen LogP contribution >= 0.6 is 0 Å². The van der Waals surface area contributed by atoms with E-state index in [0.29, 0.717) is 0 Å². The molecule has 0 aliphatic carbocycles. The highest BCUT2D eigenvalue weighted by Crippen LogP contribution is 2.04. The Morgan fingerprint density at radius 3 is 2.27 bits per heavy atom. The van der Waals surface area contributed by atoms with E-state index in [4.69, 9.17) is 9.53 Å². The van der Waals surface area contributed by atoms with Gasteiger partial charge in [-0.3, -0.25) is 0 Å². The third-order valence-electron chi connectivity index (χ3n) is 0.982. The second-order valence-corrected chi connectivity index (χ2v) is 7.82. The molecule has 0 aromatic rings. The van der Waals surface area contributed by atoms with Crippen molar-refractivity contribution in [2.24, 2.45) is 0 Å². The maximum atomic E-state index is 10.3. The van der Waals surface area contributed by atoms with Gasteiger partial charge in [0.15, 0.2) is 8.32 Å². The van der Waals surface area contributed by atoms with E-state index in [1.54, 1.807) is 0 Å². The lowest BCUT2D eigenvalue weighted by atomic mass is 10.3. The van der Waals surface area contributed by atoms with Gasteiger partial charge in [0, 0.05) is 0 Å². The van der Waals surface area contributed by atoms with Crippen LogP contribution in [-0.2, 0) is 9.22 Å². The fraction of sp³-hybridized carbons (Fsp3) is 0.571. The van der Waals surface area contributed by atoms with Crippen molar-refractivity contribution >= 4 is 14.3 Å². The largest absolute Gasteiger partial charge is 0.478 e. The quantitative estimate of drug-likeness (QED) is 0.518. The number of hydrogen-bond acceptors (Lipinski definition) is 2. The van der Waals surface area contributed by atoms with Crippen LogP contribution in [-0.4, -0.2) is 26.0 Å². The van der Waals surface area contributed by atoms with Crippen LogP contribution in [0.2, 0.25) is 19.6 Å². The second kappa shape index (κ2) is 3.68. The number of carboxylic acid groups (broad SMARTS) is 1. The minimum absolute atomic E-state index is 0.118. The predicted molar refractivity (Wildman–Crippen MR) is 46.1 cm³/mol. The van der Waals surface area contributed by atoms with E-state index in [1.165, 1.54) is 0 Å². The van der Waals surface area contributed by atoms with Crippen molar-refractivity contribution in [2.45, 2.75) is 19.6 Å². The summed E-state index contributed by atoms with van der Waals surface area (Å²) in [5, 5.41) is 8.41. The van der Waals surface area contributed by atoms with Crippen LogP contribution in [0.25, 0.3) is 0 Å². The molecule has 0 radical (unpaired) electrons. The van der Waals surface area contributed by atoms with Gasteiger partial charge in [-0.05, 0) is 19.6 Å². The molecule has 0 aromatic carbocycles. The van der Waals surface area contributed by atoms with Crippen molar-refractivity contribution < 1.29 is 14.3 Å². The minimum atomic E-state index is -1.59. The summed E-state index contributed by atoms with van der Waals surface area (Å²) in [6, 6.07) is 0. The molecule has 0 fully saturated rings. The van der Waals surface area contributed by atoms with Gasteiger partial charge in [0.1, 0.15) is 0 Å². The zero-order chi connectivity index (χ0) is 9.07. The maximum Gasteiger partial charge on any atom is 0.333 e. The van der Waals surface area contributed by atoms with Crippen LogP contribution in [0.4, 0.5) is 0 Å². The van der Waals surface area contributed by atoms with Gasteiger partial charge >= 0.3 is 5.97 Å². The Hall–Kier alpha value is -0.613. The molecule has 0 amide bonds. The first kappa shape index (κ1) is 10.4. The maximum absolute atomic E-state index is 10.3. The van der Waals surface area contributed by atoms with Gasteiger partial charge in [-0.1, -0.05) is 6.58 Å². The molecular formula is C7H14O3Si. The highest BCUT2D eigenvalue weighted by atomic mass is 28.4. The highest BCUT2D eigenvalue weighted by molar-refractivity contribution is 6.69. The Bertz CT molecular complexity index is 169. The normalized spacial score (nSPS) is 11.2. The van der Waals surface area contributed by atoms with Crippen molar-refractivity contribution in [2.75, 3.05) is 6.61 Å². The SMILES string of the molecule is C=C(CO[Si](C)(C)C)C(=O)O. The van der Waals surface area contributed by atoms with Gasteiger partial charge in [-0.2, -0.15) is 0 Å². The van der Waals surface area contributed by atoms with Crippen LogP contribution in [0.5, 0.6) is 0 Å². The summed E-state index contributed by atoms with van der Waals surface area (Å²) in [5.41, 5.74) is 0.118. The Labute approximate surface area is 67.8 Å². The standard InChI is InChI=1S/C7H14O3Si/c1-6(7(8)9)5-10-11(2,3)4/h1,5H2,2-4H3,(H,8,9). The third kappa shape index (κ3) is 5.81. The van der Waals surface area contributed by atoms with E-state index in [1.807, 2.05) is 19.6 Å². The number of aliphatic carboxylic acids is 1. The molecule has 11 heavy (non-hydrogen) atoms. The number of hydrogen-bond donors (Lipinski definition) is 1. The highest BCUT2D eigenvalue weighted by Gasteiger charge is 2.15. The molecule has 3 nitrogen and oxygen atoms in total. The minimum Gasteiger partial charge on any atom is -0.478 e. The molecule has 4 heteroatoms. The molecule has 0 atom stereocenters. The van der Waals surface area contributed by atoms with Crippen LogP contribution in [0.15, 0.2) is 12.2 Å². The Kier molecular flexibility index (Phi) is 3.48. The molecule has 0 heterocycles. The predicted octanol–water partition coefficient (Wildman–Crippen LogP) is 1.48. The summed E-state index contributed by atoms with van der Waals surface area (Å²) in [4.78, 5) is 10.3. The summed E-state index contributed by atoms with van der Waals surface area (Å²) in [5.74, 6) is -0.983. The lowest BCUT2D eigenvalue weighted by Crippen LogP contribution is -2.27. The zero-order valence-electron chi connectivity index (χ0n) is 7.18. The van der Waals surface area contributed by atoms with Gasteiger partial charge in [0.05, 0.1) is 12.2 Å². The summed E-state index contributed by atoms with van der Waals surface area (Å²) < 4.78 is 5.31. The molecule has 0 aliphatic rings. The van der Waals surface area contributed by atoms with Crippen molar-refractivity contribution in [3.8, 4) is 0 Å². The fourth-order valence-corrected chi connectivity index (χ4v) is 0.973. The molecular weight excluding hydrogens is 160 g/mol. The topological polar surface area (TPSA) is 46.5 Å². The summed E-state index contributed by atoms with van der Waals surface area (Å²) in [6.45, 7) is 9.51. The van der Waals surface area contributed by atoms with Gasteiger partial charge in [0.2, 0.25) is 0 Å². The summed E-state index contributed by atoms with van der Waals surface area (Å²) in [7, 11) is -1.59. The summed E-state index contributed by atoms with van der Waals surface area (Å²) in [6.07, 6.45) is 0.